The van der Waals surface area contributed by atoms with E-state index in [-0.39, 0.29) is 28.8 Å². The molecule has 2 aliphatic heterocycles. The molecule has 32 heavy (non-hydrogen) atoms. The number of amides is 2. The molecule has 0 bridgehead atoms. The molecular formula is C23H29F3N4O2. The van der Waals surface area contributed by atoms with Gasteiger partial charge in [0.05, 0.1) is 17.2 Å². The third kappa shape index (κ3) is 4.84. The van der Waals surface area contributed by atoms with E-state index in [1.54, 1.807) is 11.0 Å². The fraction of sp³-hybridized carbons (Fsp3) is 0.609. The van der Waals surface area contributed by atoms with Crippen LogP contribution >= 0.6 is 0 Å². The lowest BCUT2D eigenvalue weighted by Crippen LogP contribution is -2.44. The van der Waals surface area contributed by atoms with Gasteiger partial charge in [0, 0.05) is 38.8 Å². The SMILES string of the molecule is CNC(=O)C1CC2(CCN(C(=O)CC(C)C)CC2)CN1c1ccc(C#N)c(C(F)(F)F)c1. The Bertz CT molecular complexity index is 915. The summed E-state index contributed by atoms with van der Waals surface area (Å²) in [5.41, 5.74) is -1.41. The van der Waals surface area contributed by atoms with Crippen molar-refractivity contribution in [2.45, 2.75) is 51.7 Å². The number of nitrogens with zero attached hydrogens (tertiary/aromatic N) is 3. The Balaban J connectivity index is 1.86. The van der Waals surface area contributed by atoms with Gasteiger partial charge in [0.25, 0.3) is 0 Å². The fourth-order valence-corrected chi connectivity index (χ4v) is 4.84. The standard InChI is InChI=1S/C23H29F3N4O2/c1-15(2)10-20(31)29-8-6-22(7-9-29)12-19(21(32)28-3)30(14-22)17-5-4-16(13-27)18(11-17)23(24,25)26/h4-5,11,15,19H,6-10,12,14H2,1-3H3,(H,28,32). The third-order valence-electron chi connectivity index (χ3n) is 6.58. The lowest BCUT2D eigenvalue weighted by molar-refractivity contribution is -0.137. The number of nitrogens with one attached hydrogen (secondary N) is 1. The third-order valence-corrected chi connectivity index (χ3v) is 6.58. The number of halogens is 3. The van der Waals surface area contributed by atoms with E-state index in [4.69, 9.17) is 5.26 Å². The highest BCUT2D eigenvalue weighted by molar-refractivity contribution is 5.86. The monoisotopic (exact) mass is 450 g/mol. The Labute approximate surface area is 186 Å². The number of likely N-dealkylation sites (tertiary alicyclic amines) is 1. The van der Waals surface area contributed by atoms with Crippen LogP contribution in [0.25, 0.3) is 0 Å². The van der Waals surface area contributed by atoms with Gasteiger partial charge in [0.1, 0.15) is 6.04 Å². The predicted octanol–water partition coefficient (Wildman–Crippen LogP) is 3.56. The Morgan fingerprint density at radius 3 is 2.47 bits per heavy atom. The van der Waals surface area contributed by atoms with Crippen LogP contribution in [0.1, 0.15) is 50.7 Å². The molecule has 1 aromatic rings. The molecule has 0 aromatic heterocycles. The van der Waals surface area contributed by atoms with E-state index < -0.39 is 23.3 Å². The molecule has 2 heterocycles. The number of anilines is 1. The summed E-state index contributed by atoms with van der Waals surface area (Å²) in [4.78, 5) is 28.6. The number of carbonyl (C=O) groups is 2. The number of rotatable bonds is 4. The molecule has 1 unspecified atom stereocenters. The van der Waals surface area contributed by atoms with Gasteiger partial charge in [0.15, 0.2) is 0 Å². The highest BCUT2D eigenvalue weighted by atomic mass is 19.4. The number of alkyl halides is 3. The molecule has 6 nitrogen and oxygen atoms in total. The molecule has 1 spiro atoms. The molecule has 0 radical (unpaired) electrons. The van der Waals surface area contributed by atoms with Crippen molar-refractivity contribution < 1.29 is 22.8 Å². The fourth-order valence-electron chi connectivity index (χ4n) is 4.84. The van der Waals surface area contributed by atoms with Crippen LogP contribution in [0.2, 0.25) is 0 Å². The van der Waals surface area contributed by atoms with E-state index >= 15 is 0 Å². The van der Waals surface area contributed by atoms with E-state index in [1.165, 1.54) is 13.1 Å². The highest BCUT2D eigenvalue weighted by Gasteiger charge is 2.48. The molecule has 3 rings (SSSR count). The Morgan fingerprint density at radius 2 is 1.94 bits per heavy atom. The second-order valence-corrected chi connectivity index (χ2v) is 9.28. The second-order valence-electron chi connectivity index (χ2n) is 9.28. The van der Waals surface area contributed by atoms with E-state index in [1.807, 2.05) is 18.7 Å². The lowest BCUT2D eigenvalue weighted by Gasteiger charge is -2.39. The minimum atomic E-state index is -4.66. The van der Waals surface area contributed by atoms with E-state index in [2.05, 4.69) is 5.32 Å². The van der Waals surface area contributed by atoms with Crippen molar-refractivity contribution in [1.29, 1.82) is 5.26 Å². The Hall–Kier alpha value is -2.76. The molecular weight excluding hydrogens is 421 g/mol. The zero-order valence-electron chi connectivity index (χ0n) is 18.6. The summed E-state index contributed by atoms with van der Waals surface area (Å²) < 4.78 is 40.5. The minimum Gasteiger partial charge on any atom is -0.359 e. The normalized spacial score (nSPS) is 20.5. The molecule has 1 aromatic carbocycles. The summed E-state index contributed by atoms with van der Waals surface area (Å²) in [6, 6.07) is 4.60. The van der Waals surface area contributed by atoms with Crippen LogP contribution < -0.4 is 10.2 Å². The molecule has 2 aliphatic rings. The Morgan fingerprint density at radius 1 is 1.28 bits per heavy atom. The van der Waals surface area contributed by atoms with Crippen molar-refractivity contribution in [3.05, 3.63) is 29.3 Å². The maximum absolute atomic E-state index is 13.5. The van der Waals surface area contributed by atoms with Crippen LogP contribution in [0.5, 0.6) is 0 Å². The van der Waals surface area contributed by atoms with E-state index in [0.29, 0.717) is 45.3 Å². The van der Waals surface area contributed by atoms with Gasteiger partial charge in [-0.3, -0.25) is 9.59 Å². The maximum Gasteiger partial charge on any atom is 0.417 e. The molecule has 0 saturated carbocycles. The van der Waals surface area contributed by atoms with Crippen molar-refractivity contribution >= 4 is 17.5 Å². The second kappa shape index (κ2) is 9.00. The maximum atomic E-state index is 13.5. The van der Waals surface area contributed by atoms with Gasteiger partial charge in [-0.05, 0) is 48.8 Å². The number of nitriles is 1. The van der Waals surface area contributed by atoms with Crippen LogP contribution in [-0.4, -0.2) is 49.4 Å². The van der Waals surface area contributed by atoms with Crippen molar-refractivity contribution in [2.75, 3.05) is 31.6 Å². The summed E-state index contributed by atoms with van der Waals surface area (Å²) in [6.07, 6.45) is -2.26. The van der Waals surface area contributed by atoms with Gasteiger partial charge in [-0.2, -0.15) is 18.4 Å². The zero-order chi connectivity index (χ0) is 23.7. The molecule has 1 N–H and O–H groups in total. The smallest absolute Gasteiger partial charge is 0.359 e. The summed E-state index contributed by atoms with van der Waals surface area (Å²) in [5, 5.41) is 11.7. The van der Waals surface area contributed by atoms with Crippen molar-refractivity contribution in [1.82, 2.24) is 10.2 Å². The van der Waals surface area contributed by atoms with E-state index in [9.17, 15) is 22.8 Å². The predicted molar refractivity (Wildman–Crippen MR) is 114 cm³/mol. The van der Waals surface area contributed by atoms with E-state index in [0.717, 1.165) is 12.1 Å². The summed E-state index contributed by atoms with van der Waals surface area (Å²) >= 11 is 0. The number of hydrogen-bond donors (Lipinski definition) is 1. The largest absolute Gasteiger partial charge is 0.417 e. The average molecular weight is 451 g/mol. The van der Waals surface area contributed by atoms with Gasteiger partial charge < -0.3 is 15.1 Å². The molecule has 1 atom stereocenters. The van der Waals surface area contributed by atoms with Crippen LogP contribution in [0.4, 0.5) is 18.9 Å². The number of carbonyl (C=O) groups excluding carboxylic acids is 2. The minimum absolute atomic E-state index is 0.120. The van der Waals surface area contributed by atoms with Gasteiger partial charge in [-0.1, -0.05) is 13.8 Å². The van der Waals surface area contributed by atoms with Crippen molar-refractivity contribution in [3.8, 4) is 6.07 Å². The Kier molecular flexibility index (Phi) is 6.72. The number of piperidine rings is 1. The average Bonchev–Trinajstić information content (AvgIpc) is 3.11. The van der Waals surface area contributed by atoms with Gasteiger partial charge >= 0.3 is 6.18 Å². The van der Waals surface area contributed by atoms with Gasteiger partial charge in [-0.25, -0.2) is 0 Å². The zero-order valence-corrected chi connectivity index (χ0v) is 18.6. The first kappa shape index (κ1) is 23.9. The molecule has 2 fully saturated rings. The first-order valence-electron chi connectivity index (χ1n) is 10.9. The number of benzene rings is 1. The molecule has 9 heteroatoms. The first-order valence-corrected chi connectivity index (χ1v) is 10.9. The van der Waals surface area contributed by atoms with Crippen LogP contribution in [-0.2, 0) is 15.8 Å². The van der Waals surface area contributed by atoms with Crippen LogP contribution in [0.15, 0.2) is 18.2 Å². The van der Waals surface area contributed by atoms with Crippen molar-refractivity contribution in [3.63, 3.8) is 0 Å². The molecule has 2 amide bonds. The summed E-state index contributed by atoms with van der Waals surface area (Å²) in [5.74, 6) is 0.143. The molecule has 0 aliphatic carbocycles. The molecule has 174 valence electrons. The summed E-state index contributed by atoms with van der Waals surface area (Å²) in [7, 11) is 1.51. The molecule has 2 saturated heterocycles. The summed E-state index contributed by atoms with van der Waals surface area (Å²) in [6.45, 7) is 5.60. The topological polar surface area (TPSA) is 76.4 Å². The van der Waals surface area contributed by atoms with Gasteiger partial charge in [-0.15, -0.1) is 0 Å². The number of likely N-dealkylation sites (N-methyl/N-ethyl adjacent to an activating group) is 1. The number of hydrogen-bond acceptors (Lipinski definition) is 4. The quantitative estimate of drug-likeness (QED) is 0.761. The van der Waals surface area contributed by atoms with Gasteiger partial charge in [0.2, 0.25) is 11.8 Å². The first-order chi connectivity index (χ1) is 15.0. The van der Waals surface area contributed by atoms with Crippen molar-refractivity contribution in [2.24, 2.45) is 11.3 Å². The van der Waals surface area contributed by atoms with Crippen LogP contribution in [0, 0.1) is 22.7 Å². The van der Waals surface area contributed by atoms with Crippen LogP contribution in [0.3, 0.4) is 0 Å². The highest BCUT2D eigenvalue weighted by Crippen LogP contribution is 2.46. The lowest BCUT2D eigenvalue weighted by atomic mass is 9.76.